The van der Waals surface area contributed by atoms with Gasteiger partial charge in [0.2, 0.25) is 0 Å². The molecule has 0 saturated heterocycles. The first kappa shape index (κ1) is 32.7. The van der Waals surface area contributed by atoms with Crippen LogP contribution in [0.5, 0.6) is 0 Å². The second-order valence-corrected chi connectivity index (χ2v) is 20.8. The molecular formula is C47H44N4Si. The number of aromatic nitrogens is 3. The van der Waals surface area contributed by atoms with Crippen molar-refractivity contribution in [2.45, 2.75) is 64.5 Å². The maximum atomic E-state index is 9.41. The standard InChI is InChI=1S/C47H44N4Si/c1-30-23-33-24-31(2)27-47(26-30,28-33)39-20-17-35(18-21-39)34-13-15-37(16-14-34)45-49-44(36-11-9-32(29-48)10-12-36)50-46(51-45)38-19-22-41-40-7-5-6-8-42(40)52(3,4)43(41)25-38/h5-22,25,30-31,33H,23-24,26-28H2,1-4H3/t30-,31+,33?,47?. The Kier molecular flexibility index (Phi) is 7.86. The van der Waals surface area contributed by atoms with Crippen LogP contribution in [0.1, 0.15) is 57.1 Å². The highest BCUT2D eigenvalue weighted by atomic mass is 28.3. The number of hydrogen-bond acceptors (Lipinski definition) is 4. The van der Waals surface area contributed by atoms with Gasteiger partial charge in [0.1, 0.15) is 8.07 Å². The number of nitrogens with zero attached hydrogens (tertiary/aromatic N) is 4. The molecular weight excluding hydrogens is 649 g/mol. The molecule has 2 bridgehead atoms. The Morgan fingerprint density at radius 1 is 0.577 bits per heavy atom. The Balaban J connectivity index is 1.06. The summed E-state index contributed by atoms with van der Waals surface area (Å²) in [5.74, 6) is 4.38. The molecule has 2 heterocycles. The van der Waals surface area contributed by atoms with E-state index in [2.05, 4.69) is 124 Å². The van der Waals surface area contributed by atoms with Crippen LogP contribution in [0.15, 0.2) is 115 Å². The lowest BCUT2D eigenvalue weighted by Crippen LogP contribution is -2.49. The van der Waals surface area contributed by atoms with Crippen LogP contribution in [0.3, 0.4) is 0 Å². The fourth-order valence-electron chi connectivity index (χ4n) is 10.2. The lowest BCUT2D eigenvalue weighted by atomic mass is 9.54. The third-order valence-electron chi connectivity index (χ3n) is 12.4. The van der Waals surface area contributed by atoms with E-state index in [-0.39, 0.29) is 0 Å². The summed E-state index contributed by atoms with van der Waals surface area (Å²) < 4.78 is 0. The number of fused-ring (bicyclic) bond motifs is 5. The average molecular weight is 693 g/mol. The zero-order valence-corrected chi connectivity index (χ0v) is 31.5. The third-order valence-corrected chi connectivity index (χ3v) is 15.9. The van der Waals surface area contributed by atoms with Crippen LogP contribution in [0.2, 0.25) is 13.1 Å². The topological polar surface area (TPSA) is 62.5 Å². The second-order valence-electron chi connectivity index (χ2n) is 16.5. The largest absolute Gasteiger partial charge is 0.208 e. The summed E-state index contributed by atoms with van der Waals surface area (Å²) in [5, 5.41) is 12.3. The molecule has 1 aromatic heterocycles. The van der Waals surface area contributed by atoms with E-state index in [1.165, 1.54) is 70.3 Å². The molecule has 2 aliphatic carbocycles. The molecule has 0 spiro atoms. The van der Waals surface area contributed by atoms with Crippen molar-refractivity contribution in [1.29, 1.82) is 5.26 Å². The van der Waals surface area contributed by atoms with Gasteiger partial charge in [0, 0.05) is 16.7 Å². The van der Waals surface area contributed by atoms with Gasteiger partial charge in [0.25, 0.3) is 0 Å². The molecule has 5 heteroatoms. The molecule has 0 amide bonds. The van der Waals surface area contributed by atoms with Crippen molar-refractivity contribution in [2.24, 2.45) is 17.8 Å². The molecule has 256 valence electrons. The maximum absolute atomic E-state index is 9.41. The van der Waals surface area contributed by atoms with Gasteiger partial charge < -0.3 is 0 Å². The third kappa shape index (κ3) is 5.61. The SMILES string of the molecule is C[C@@H]1CC2C[C@H](C)CC(c3ccc(-c4ccc(-c5nc(-c6ccc(C#N)cc6)nc(-c6ccc7c(c6)[Si](C)(C)c6ccccc6-7)n5)cc4)cc3)(C2)C1. The highest BCUT2D eigenvalue weighted by Gasteiger charge is 2.45. The smallest absolute Gasteiger partial charge is 0.164 e. The van der Waals surface area contributed by atoms with E-state index in [0.29, 0.717) is 28.5 Å². The molecule has 3 aliphatic rings. The van der Waals surface area contributed by atoms with Crippen molar-refractivity contribution in [3.8, 4) is 62.5 Å². The van der Waals surface area contributed by atoms with Crippen molar-refractivity contribution in [3.63, 3.8) is 0 Å². The quantitative estimate of drug-likeness (QED) is 0.169. The van der Waals surface area contributed by atoms with Gasteiger partial charge in [-0.25, -0.2) is 15.0 Å². The van der Waals surface area contributed by atoms with Gasteiger partial charge in [-0.3, -0.25) is 0 Å². The molecule has 4 atom stereocenters. The van der Waals surface area contributed by atoms with Gasteiger partial charge in [0.15, 0.2) is 17.5 Å². The molecule has 2 fully saturated rings. The first-order valence-corrected chi connectivity index (χ1v) is 21.9. The van der Waals surface area contributed by atoms with Crippen LogP contribution in [-0.4, -0.2) is 23.0 Å². The van der Waals surface area contributed by atoms with Crippen LogP contribution in [0.4, 0.5) is 0 Å². The van der Waals surface area contributed by atoms with E-state index >= 15 is 0 Å². The zero-order valence-electron chi connectivity index (χ0n) is 30.5. The van der Waals surface area contributed by atoms with Gasteiger partial charge in [-0.1, -0.05) is 118 Å². The molecule has 5 aromatic carbocycles. The van der Waals surface area contributed by atoms with Crippen LogP contribution >= 0.6 is 0 Å². The Morgan fingerprint density at radius 3 is 1.69 bits per heavy atom. The molecule has 1 aliphatic heterocycles. The monoisotopic (exact) mass is 692 g/mol. The van der Waals surface area contributed by atoms with Crippen molar-refractivity contribution >= 4 is 18.4 Å². The summed E-state index contributed by atoms with van der Waals surface area (Å²) in [4.78, 5) is 15.1. The molecule has 4 nitrogen and oxygen atoms in total. The first-order valence-electron chi connectivity index (χ1n) is 18.9. The van der Waals surface area contributed by atoms with Gasteiger partial charge in [-0.15, -0.1) is 0 Å². The van der Waals surface area contributed by atoms with Crippen molar-refractivity contribution in [1.82, 2.24) is 15.0 Å². The average Bonchev–Trinajstić information content (AvgIpc) is 3.39. The number of benzene rings is 5. The van der Waals surface area contributed by atoms with Crippen LogP contribution in [-0.2, 0) is 5.41 Å². The molecule has 52 heavy (non-hydrogen) atoms. The molecule has 9 rings (SSSR count). The van der Waals surface area contributed by atoms with E-state index in [4.69, 9.17) is 15.0 Å². The minimum Gasteiger partial charge on any atom is -0.208 e. The summed E-state index contributed by atoms with van der Waals surface area (Å²) in [5.41, 5.74) is 10.4. The van der Waals surface area contributed by atoms with Crippen molar-refractivity contribution in [3.05, 3.63) is 126 Å². The Labute approximate surface area is 308 Å². The fourth-order valence-corrected chi connectivity index (χ4v) is 13.3. The summed E-state index contributed by atoms with van der Waals surface area (Å²) in [6.45, 7) is 9.78. The Morgan fingerprint density at radius 2 is 1.08 bits per heavy atom. The zero-order chi connectivity index (χ0) is 35.6. The van der Waals surface area contributed by atoms with Gasteiger partial charge in [-0.05, 0) is 118 Å². The lowest BCUT2D eigenvalue weighted by Gasteiger charge is -2.50. The normalized spacial score (nSPS) is 22.6. The first-order chi connectivity index (χ1) is 25.2. The van der Waals surface area contributed by atoms with Crippen LogP contribution < -0.4 is 10.4 Å². The van der Waals surface area contributed by atoms with Crippen LogP contribution in [0.25, 0.3) is 56.4 Å². The lowest BCUT2D eigenvalue weighted by molar-refractivity contribution is 0.0780. The molecule has 0 N–H and O–H groups in total. The highest BCUT2D eigenvalue weighted by Crippen LogP contribution is 2.54. The number of nitriles is 1. The molecule has 2 saturated carbocycles. The summed E-state index contributed by atoms with van der Waals surface area (Å²) in [6, 6.07) is 43.4. The minimum atomic E-state index is -1.88. The summed E-state index contributed by atoms with van der Waals surface area (Å²) >= 11 is 0. The molecule has 0 radical (unpaired) electrons. The fraction of sp³-hybridized carbons (Fsp3) is 0.277. The molecule has 2 unspecified atom stereocenters. The van der Waals surface area contributed by atoms with Gasteiger partial charge in [0.05, 0.1) is 11.6 Å². The minimum absolute atomic E-state index is 0.339. The van der Waals surface area contributed by atoms with E-state index in [1.54, 1.807) is 0 Å². The Hall–Kier alpha value is -5.18. The van der Waals surface area contributed by atoms with Gasteiger partial charge >= 0.3 is 0 Å². The Bertz CT molecular complexity index is 2330. The predicted molar refractivity (Wildman–Crippen MR) is 215 cm³/mol. The second kappa shape index (κ2) is 12.5. The van der Waals surface area contributed by atoms with E-state index in [9.17, 15) is 5.26 Å². The summed E-state index contributed by atoms with van der Waals surface area (Å²) in [7, 11) is -1.88. The van der Waals surface area contributed by atoms with Crippen molar-refractivity contribution in [2.75, 3.05) is 0 Å². The predicted octanol–water partition coefficient (Wildman–Crippen LogP) is 10.3. The highest BCUT2D eigenvalue weighted by molar-refractivity contribution is 7.03. The van der Waals surface area contributed by atoms with Crippen LogP contribution in [0, 0.1) is 29.1 Å². The number of hydrogen-bond donors (Lipinski definition) is 0. The van der Waals surface area contributed by atoms with E-state index in [1.807, 2.05) is 24.3 Å². The molecule has 6 aromatic rings. The van der Waals surface area contributed by atoms with Gasteiger partial charge in [-0.2, -0.15) is 5.26 Å². The van der Waals surface area contributed by atoms with E-state index in [0.717, 1.165) is 34.4 Å². The van der Waals surface area contributed by atoms with Crippen molar-refractivity contribution < 1.29 is 0 Å². The number of rotatable bonds is 5. The maximum Gasteiger partial charge on any atom is 0.164 e. The summed E-state index contributed by atoms with van der Waals surface area (Å²) in [6.07, 6.45) is 6.79. The van der Waals surface area contributed by atoms with E-state index < -0.39 is 8.07 Å².